The van der Waals surface area contributed by atoms with Crippen LogP contribution >= 0.6 is 11.8 Å². The molecule has 0 spiro atoms. The Morgan fingerprint density at radius 2 is 2.00 bits per heavy atom. The first-order chi connectivity index (χ1) is 9.85. The number of carboxylic acid groups (broad SMARTS) is 1. The van der Waals surface area contributed by atoms with Crippen LogP contribution in [0.3, 0.4) is 0 Å². The van der Waals surface area contributed by atoms with Gasteiger partial charge in [0, 0.05) is 10.9 Å². The van der Waals surface area contributed by atoms with Gasteiger partial charge in [-0.2, -0.15) is 0 Å². The van der Waals surface area contributed by atoms with Crippen molar-refractivity contribution in [3.05, 3.63) is 29.3 Å². The number of carboxylic acids is 1. The number of carbonyl (C=O) groups is 2. The molecule has 2 N–H and O–H groups in total. The minimum Gasteiger partial charge on any atom is -0.478 e. The Morgan fingerprint density at radius 1 is 1.33 bits per heavy atom. The quantitative estimate of drug-likeness (QED) is 0.757. The summed E-state index contributed by atoms with van der Waals surface area (Å²) in [5.74, 6) is -0.956. The Bertz CT molecular complexity index is 516. The summed E-state index contributed by atoms with van der Waals surface area (Å²) in [7, 11) is 0. The maximum Gasteiger partial charge on any atom is 0.335 e. The van der Waals surface area contributed by atoms with E-state index in [9.17, 15) is 9.59 Å². The fraction of sp³-hybridized carbons (Fsp3) is 0.500. The lowest BCUT2D eigenvalue weighted by Crippen LogP contribution is -2.37. The van der Waals surface area contributed by atoms with Gasteiger partial charge < -0.3 is 10.4 Å². The van der Waals surface area contributed by atoms with Crippen LogP contribution in [0.4, 0.5) is 0 Å². The van der Waals surface area contributed by atoms with Gasteiger partial charge in [-0.25, -0.2) is 4.79 Å². The summed E-state index contributed by atoms with van der Waals surface area (Å²) < 4.78 is 0. The van der Waals surface area contributed by atoms with Crippen LogP contribution in [0.25, 0.3) is 0 Å². The van der Waals surface area contributed by atoms with Crippen LogP contribution in [-0.2, 0) is 4.79 Å². The number of thioether (sulfide) groups is 1. The number of aromatic carboxylic acids is 1. The third-order valence-electron chi connectivity index (χ3n) is 3.23. The number of hydrogen-bond donors (Lipinski definition) is 2. The minimum atomic E-state index is -0.941. The summed E-state index contributed by atoms with van der Waals surface area (Å²) in [5, 5.41) is 11.8. The fourth-order valence-electron chi connectivity index (χ4n) is 2.03. The van der Waals surface area contributed by atoms with Crippen molar-refractivity contribution in [1.82, 2.24) is 5.32 Å². The maximum atomic E-state index is 12.1. The van der Waals surface area contributed by atoms with E-state index in [0.29, 0.717) is 0 Å². The van der Waals surface area contributed by atoms with Crippen molar-refractivity contribution in [1.29, 1.82) is 0 Å². The van der Waals surface area contributed by atoms with E-state index in [0.717, 1.165) is 23.3 Å². The highest BCUT2D eigenvalue weighted by molar-refractivity contribution is 8.00. The largest absolute Gasteiger partial charge is 0.478 e. The van der Waals surface area contributed by atoms with Gasteiger partial charge in [-0.1, -0.05) is 19.4 Å². The second-order valence-corrected chi connectivity index (χ2v) is 6.65. The number of rotatable bonds is 7. The van der Waals surface area contributed by atoms with Gasteiger partial charge in [-0.05, 0) is 44.9 Å². The molecule has 0 aliphatic heterocycles. The molecule has 0 saturated heterocycles. The number of hydrogen-bond acceptors (Lipinski definition) is 3. The molecule has 21 heavy (non-hydrogen) atoms. The summed E-state index contributed by atoms with van der Waals surface area (Å²) in [6, 6.07) is 5.42. The van der Waals surface area contributed by atoms with Crippen LogP contribution in [0.1, 0.15) is 49.5 Å². The van der Waals surface area contributed by atoms with Crippen LogP contribution in [0.5, 0.6) is 0 Å². The molecule has 0 aliphatic carbocycles. The van der Waals surface area contributed by atoms with Crippen LogP contribution in [-0.4, -0.2) is 28.3 Å². The molecule has 0 fully saturated rings. The summed E-state index contributed by atoms with van der Waals surface area (Å²) >= 11 is 1.38. The first-order valence-corrected chi connectivity index (χ1v) is 8.04. The number of aryl methyl sites for hydroxylation is 1. The molecule has 0 aliphatic rings. The first-order valence-electron chi connectivity index (χ1n) is 7.16. The number of amides is 1. The van der Waals surface area contributed by atoms with E-state index in [-0.39, 0.29) is 22.8 Å². The van der Waals surface area contributed by atoms with Gasteiger partial charge in [0.25, 0.3) is 0 Å². The third kappa shape index (κ3) is 5.42. The van der Waals surface area contributed by atoms with E-state index >= 15 is 0 Å². The lowest BCUT2D eigenvalue weighted by molar-refractivity contribution is -0.120. The molecular formula is C16H23NO3S. The lowest BCUT2D eigenvalue weighted by Gasteiger charge is -2.17. The van der Waals surface area contributed by atoms with Crippen molar-refractivity contribution < 1.29 is 14.7 Å². The van der Waals surface area contributed by atoms with Crippen molar-refractivity contribution in [3.63, 3.8) is 0 Å². The molecule has 0 radical (unpaired) electrons. The van der Waals surface area contributed by atoms with Crippen molar-refractivity contribution in [3.8, 4) is 0 Å². The molecule has 1 amide bonds. The Kier molecular flexibility index (Phi) is 6.75. The van der Waals surface area contributed by atoms with E-state index < -0.39 is 5.97 Å². The smallest absolute Gasteiger partial charge is 0.335 e. The Labute approximate surface area is 130 Å². The van der Waals surface area contributed by atoms with Crippen LogP contribution < -0.4 is 5.32 Å². The van der Waals surface area contributed by atoms with Gasteiger partial charge in [-0.3, -0.25) is 4.79 Å². The third-order valence-corrected chi connectivity index (χ3v) is 4.33. The van der Waals surface area contributed by atoms with Gasteiger partial charge in [0.2, 0.25) is 5.91 Å². The van der Waals surface area contributed by atoms with Gasteiger partial charge in [0.1, 0.15) is 0 Å². The predicted molar refractivity (Wildman–Crippen MR) is 86.0 cm³/mol. The zero-order valence-electron chi connectivity index (χ0n) is 13.0. The highest BCUT2D eigenvalue weighted by Gasteiger charge is 2.17. The van der Waals surface area contributed by atoms with E-state index in [1.807, 2.05) is 19.9 Å². The van der Waals surface area contributed by atoms with E-state index in [1.54, 1.807) is 19.1 Å². The van der Waals surface area contributed by atoms with Crippen molar-refractivity contribution >= 4 is 23.6 Å². The summed E-state index contributed by atoms with van der Waals surface area (Å²) in [4.78, 5) is 24.0. The van der Waals surface area contributed by atoms with E-state index in [4.69, 9.17) is 5.11 Å². The van der Waals surface area contributed by atoms with Gasteiger partial charge in [0.05, 0.1) is 10.8 Å². The average molecular weight is 309 g/mol. The minimum absolute atomic E-state index is 0.0154. The molecular weight excluding hydrogens is 286 g/mol. The lowest BCUT2D eigenvalue weighted by atomic mass is 10.1. The molecule has 116 valence electrons. The summed E-state index contributed by atoms with van der Waals surface area (Å²) in [6.45, 7) is 7.67. The Hall–Kier alpha value is -1.49. The Balaban J connectivity index is 2.70. The molecule has 0 heterocycles. The van der Waals surface area contributed by atoms with Crippen molar-refractivity contribution in [2.24, 2.45) is 0 Å². The molecule has 2 unspecified atom stereocenters. The van der Waals surface area contributed by atoms with E-state index in [1.165, 1.54) is 11.8 Å². The van der Waals surface area contributed by atoms with Gasteiger partial charge in [-0.15, -0.1) is 11.8 Å². The highest BCUT2D eigenvalue weighted by atomic mass is 32.2. The fourth-order valence-corrected chi connectivity index (χ4v) is 2.94. The molecule has 1 rings (SSSR count). The maximum absolute atomic E-state index is 12.1. The molecule has 4 nitrogen and oxygen atoms in total. The van der Waals surface area contributed by atoms with Crippen molar-refractivity contribution in [2.75, 3.05) is 0 Å². The highest BCUT2D eigenvalue weighted by Crippen LogP contribution is 2.25. The molecule has 1 aromatic carbocycles. The molecule has 2 atom stereocenters. The number of nitrogens with one attached hydrogen (secondary N) is 1. The first kappa shape index (κ1) is 17.6. The topological polar surface area (TPSA) is 66.4 Å². The average Bonchev–Trinajstić information content (AvgIpc) is 2.40. The van der Waals surface area contributed by atoms with Crippen LogP contribution in [0, 0.1) is 6.92 Å². The predicted octanol–water partition coefficient (Wildman–Crippen LogP) is 3.48. The van der Waals surface area contributed by atoms with Gasteiger partial charge in [0.15, 0.2) is 0 Å². The van der Waals surface area contributed by atoms with Crippen LogP contribution in [0.15, 0.2) is 23.1 Å². The van der Waals surface area contributed by atoms with Crippen LogP contribution in [0.2, 0.25) is 0 Å². The van der Waals surface area contributed by atoms with Gasteiger partial charge >= 0.3 is 5.97 Å². The molecule has 1 aromatic rings. The summed E-state index contributed by atoms with van der Waals surface area (Å²) in [6.07, 6.45) is 1.99. The molecule has 0 aromatic heterocycles. The van der Waals surface area contributed by atoms with Crippen molar-refractivity contribution in [2.45, 2.75) is 56.7 Å². The SMILES string of the molecule is CCCC(C)NC(=O)C(C)Sc1ccc(C)c(C(=O)O)c1. The van der Waals surface area contributed by atoms with E-state index in [2.05, 4.69) is 12.2 Å². The standard InChI is InChI=1S/C16H23NO3S/c1-5-6-11(3)17-15(18)12(4)21-13-8-7-10(2)14(9-13)16(19)20/h7-9,11-12H,5-6H2,1-4H3,(H,17,18)(H,19,20). The second kappa shape index (κ2) is 8.08. The summed E-state index contributed by atoms with van der Waals surface area (Å²) in [5.41, 5.74) is 1.01. The monoisotopic (exact) mass is 309 g/mol. The Morgan fingerprint density at radius 3 is 2.57 bits per heavy atom. The molecule has 5 heteroatoms. The second-order valence-electron chi connectivity index (χ2n) is 5.24. The zero-order chi connectivity index (χ0) is 16.0. The number of benzene rings is 1. The normalized spacial score (nSPS) is 13.5. The molecule has 0 saturated carbocycles. The zero-order valence-corrected chi connectivity index (χ0v) is 13.8. The molecule has 0 bridgehead atoms. The number of carbonyl (C=O) groups excluding carboxylic acids is 1.